The van der Waals surface area contributed by atoms with Crippen molar-refractivity contribution in [3.05, 3.63) is 71.3 Å². The highest BCUT2D eigenvalue weighted by molar-refractivity contribution is 9.09. The molecule has 0 saturated carbocycles. The number of nitrogens with zero attached hydrogens (tertiary/aromatic N) is 2. The van der Waals surface area contributed by atoms with Crippen LogP contribution in [0.3, 0.4) is 0 Å². The Balaban J connectivity index is 2.03. The molecule has 1 amide bonds. The van der Waals surface area contributed by atoms with Gasteiger partial charge < -0.3 is 14.5 Å². The van der Waals surface area contributed by atoms with E-state index in [-0.39, 0.29) is 22.4 Å². The highest BCUT2D eigenvalue weighted by Gasteiger charge is 2.73. The third-order valence-corrected chi connectivity index (χ3v) is 6.44. The molecule has 0 aliphatic carbocycles. The number of halogens is 7. The first kappa shape index (κ1) is 28.0. The van der Waals surface area contributed by atoms with Gasteiger partial charge in [0, 0.05) is 37.4 Å². The van der Waals surface area contributed by atoms with Gasteiger partial charge in [-0.1, -0.05) is 64.5 Å². The number of ether oxygens (including phenoxy) is 1. The third-order valence-electron chi connectivity index (χ3n) is 5.96. The summed E-state index contributed by atoms with van der Waals surface area (Å²) in [5.74, 6) is -0.0885. The number of carbonyl (C=O) groups is 1. The molecule has 196 valence electrons. The lowest BCUT2D eigenvalue weighted by atomic mass is 9.89. The summed E-state index contributed by atoms with van der Waals surface area (Å²) >= 11 is 3.12. The average molecular weight is 579 g/mol. The summed E-state index contributed by atoms with van der Waals surface area (Å²) in [6, 6.07) is 10.4. The monoisotopic (exact) mass is 578 g/mol. The van der Waals surface area contributed by atoms with Crippen molar-refractivity contribution in [2.75, 3.05) is 36.4 Å². The van der Waals surface area contributed by atoms with Crippen LogP contribution in [-0.2, 0) is 21.7 Å². The molecule has 0 atom stereocenters. The van der Waals surface area contributed by atoms with Crippen LogP contribution in [0.1, 0.15) is 23.6 Å². The summed E-state index contributed by atoms with van der Waals surface area (Å²) in [6.07, 6.45) is -8.56. The molecular weight excluding hydrogens is 554 g/mol. The molecule has 0 aromatic heterocycles. The van der Waals surface area contributed by atoms with Gasteiger partial charge in [0.2, 0.25) is 5.91 Å². The maximum atomic E-state index is 14.3. The molecule has 1 aliphatic rings. The van der Waals surface area contributed by atoms with E-state index >= 15 is 0 Å². The van der Waals surface area contributed by atoms with Gasteiger partial charge in [-0.25, -0.2) is 0 Å². The molecule has 2 aromatic rings. The number of carbonyl (C=O) groups excluding carboxylic acids is 1. The number of rotatable bonds is 7. The van der Waals surface area contributed by atoms with E-state index in [0.29, 0.717) is 31.9 Å². The van der Waals surface area contributed by atoms with Crippen molar-refractivity contribution in [1.82, 2.24) is 4.90 Å². The van der Waals surface area contributed by atoms with Crippen molar-refractivity contribution in [2.45, 2.75) is 31.5 Å². The minimum Gasteiger partial charge on any atom is -0.367 e. The number of anilines is 1. The maximum Gasteiger partial charge on any atom is 0.430 e. The lowest BCUT2D eigenvalue weighted by molar-refractivity contribution is -0.392. The predicted molar refractivity (Wildman–Crippen MR) is 129 cm³/mol. The molecule has 3 rings (SSSR count). The summed E-state index contributed by atoms with van der Waals surface area (Å²) in [5.41, 5.74) is -4.73. The Morgan fingerprint density at radius 1 is 0.972 bits per heavy atom. The van der Waals surface area contributed by atoms with Gasteiger partial charge in [0.15, 0.2) is 0 Å². The van der Waals surface area contributed by atoms with Crippen molar-refractivity contribution in [3.8, 4) is 0 Å². The van der Waals surface area contributed by atoms with Crippen LogP contribution in [0.4, 0.5) is 32.0 Å². The van der Waals surface area contributed by atoms with E-state index in [1.807, 2.05) is 4.90 Å². The van der Waals surface area contributed by atoms with Gasteiger partial charge in [-0.3, -0.25) is 4.79 Å². The smallest absolute Gasteiger partial charge is 0.367 e. The summed E-state index contributed by atoms with van der Waals surface area (Å²) in [5, 5.41) is 0.172. The highest BCUT2D eigenvalue weighted by Crippen LogP contribution is 2.54. The molecule has 0 unspecified atom stereocenters. The Morgan fingerprint density at radius 2 is 1.58 bits per heavy atom. The Bertz CT molecular complexity index is 1050. The molecule has 4 nitrogen and oxygen atoms in total. The van der Waals surface area contributed by atoms with Crippen LogP contribution in [0.15, 0.2) is 54.6 Å². The van der Waals surface area contributed by atoms with Gasteiger partial charge in [0.25, 0.3) is 5.60 Å². The van der Waals surface area contributed by atoms with Gasteiger partial charge >= 0.3 is 12.4 Å². The Labute approximate surface area is 213 Å². The molecule has 1 fully saturated rings. The zero-order chi connectivity index (χ0) is 26.6. The first-order valence-electron chi connectivity index (χ1n) is 11.1. The van der Waals surface area contributed by atoms with E-state index in [1.165, 1.54) is 36.4 Å². The van der Waals surface area contributed by atoms with Crippen molar-refractivity contribution in [1.29, 1.82) is 0 Å². The zero-order valence-corrected chi connectivity index (χ0v) is 21.0. The summed E-state index contributed by atoms with van der Waals surface area (Å²) in [6.45, 7) is 2.28. The van der Waals surface area contributed by atoms with Gasteiger partial charge in [-0.15, -0.1) is 0 Å². The Kier molecular flexibility index (Phi) is 8.76. The molecular formula is C25H25BrF6N2O2. The van der Waals surface area contributed by atoms with Gasteiger partial charge in [-0.05, 0) is 30.2 Å². The number of hydrogen-bond donors (Lipinski definition) is 0. The first-order chi connectivity index (χ1) is 16.9. The quantitative estimate of drug-likeness (QED) is 0.285. The number of hydrogen-bond acceptors (Lipinski definition) is 3. The largest absolute Gasteiger partial charge is 0.430 e. The molecule has 1 heterocycles. The second-order valence-electron chi connectivity index (χ2n) is 8.23. The van der Waals surface area contributed by atoms with Crippen LogP contribution in [0.5, 0.6) is 0 Å². The zero-order valence-electron chi connectivity index (χ0n) is 19.4. The lowest BCUT2D eigenvalue weighted by Gasteiger charge is -2.39. The lowest BCUT2D eigenvalue weighted by Crippen LogP contribution is -2.56. The number of allylic oxidation sites excluding steroid dienone is 1. The Hall–Kier alpha value is -2.53. The molecule has 1 saturated heterocycles. The standard InChI is InChI=1S/C25H25BrF6N2O2/c1-2-6-19-15-20(9-10-21(19)33-11-13-34(14-12-33)22(35)16-26)23(24(27,28)29,25(30,31)32)36-17-18-7-4-3-5-8-18/h2-10,15H,11-14,16-17H2,1H3. The predicted octanol–water partition coefficient (Wildman–Crippen LogP) is 6.30. The van der Waals surface area contributed by atoms with Crippen LogP contribution < -0.4 is 4.90 Å². The maximum absolute atomic E-state index is 14.3. The molecule has 0 N–H and O–H groups in total. The molecule has 0 radical (unpaired) electrons. The van der Waals surface area contributed by atoms with Gasteiger partial charge in [0.05, 0.1) is 11.9 Å². The number of alkyl halides is 7. The van der Waals surface area contributed by atoms with Gasteiger partial charge in [0.1, 0.15) is 0 Å². The average Bonchev–Trinajstić information content (AvgIpc) is 2.83. The van der Waals surface area contributed by atoms with Crippen LogP contribution in [0, 0.1) is 0 Å². The van der Waals surface area contributed by atoms with Crippen LogP contribution in [-0.4, -0.2) is 54.7 Å². The van der Waals surface area contributed by atoms with E-state index in [0.717, 1.165) is 12.1 Å². The minimum absolute atomic E-state index is 0.0885. The Morgan fingerprint density at radius 3 is 2.11 bits per heavy atom. The highest BCUT2D eigenvalue weighted by atomic mass is 79.9. The van der Waals surface area contributed by atoms with E-state index in [9.17, 15) is 31.1 Å². The third kappa shape index (κ3) is 5.72. The van der Waals surface area contributed by atoms with Crippen molar-refractivity contribution in [3.63, 3.8) is 0 Å². The fraction of sp³-hybridized carbons (Fsp3) is 0.400. The molecule has 11 heteroatoms. The van der Waals surface area contributed by atoms with Gasteiger partial charge in [-0.2, -0.15) is 26.3 Å². The summed E-state index contributed by atoms with van der Waals surface area (Å²) in [7, 11) is 0. The van der Waals surface area contributed by atoms with E-state index in [2.05, 4.69) is 15.9 Å². The minimum atomic E-state index is -5.78. The fourth-order valence-corrected chi connectivity index (χ4v) is 4.51. The molecule has 0 spiro atoms. The fourth-order valence-electron chi connectivity index (χ4n) is 4.16. The molecule has 36 heavy (non-hydrogen) atoms. The second-order valence-corrected chi connectivity index (χ2v) is 8.79. The van der Waals surface area contributed by atoms with Crippen LogP contribution >= 0.6 is 15.9 Å². The van der Waals surface area contributed by atoms with E-state index in [4.69, 9.17) is 4.74 Å². The number of amides is 1. The summed E-state index contributed by atoms with van der Waals surface area (Å²) < 4.78 is 90.4. The van der Waals surface area contributed by atoms with Crippen molar-refractivity contribution < 1.29 is 35.9 Å². The second kappa shape index (κ2) is 11.2. The van der Waals surface area contributed by atoms with Crippen LogP contribution in [0.2, 0.25) is 0 Å². The normalized spacial score (nSPS) is 15.6. The van der Waals surface area contributed by atoms with E-state index < -0.39 is 30.1 Å². The molecule has 1 aliphatic heterocycles. The summed E-state index contributed by atoms with van der Waals surface area (Å²) in [4.78, 5) is 15.4. The molecule has 2 aromatic carbocycles. The molecule has 0 bridgehead atoms. The van der Waals surface area contributed by atoms with Crippen molar-refractivity contribution >= 4 is 33.6 Å². The number of benzene rings is 2. The first-order valence-corrected chi connectivity index (χ1v) is 12.2. The van der Waals surface area contributed by atoms with Crippen LogP contribution in [0.25, 0.3) is 6.08 Å². The topological polar surface area (TPSA) is 32.8 Å². The van der Waals surface area contributed by atoms with E-state index in [1.54, 1.807) is 24.0 Å². The van der Waals surface area contributed by atoms with Crippen molar-refractivity contribution in [2.24, 2.45) is 0 Å². The number of piperazine rings is 1. The SMILES string of the molecule is CC=Cc1cc(C(OCc2ccccc2)(C(F)(F)F)C(F)(F)F)ccc1N1CCN(C(=O)CBr)CC1.